The highest BCUT2D eigenvalue weighted by Gasteiger charge is 2.31. The van der Waals surface area contributed by atoms with Gasteiger partial charge < -0.3 is 15.1 Å². The van der Waals surface area contributed by atoms with E-state index in [0.717, 1.165) is 63.5 Å². The average Bonchev–Trinajstić information content (AvgIpc) is 2.76. The fourth-order valence-corrected chi connectivity index (χ4v) is 4.66. The molecule has 2 amide bonds. The summed E-state index contributed by atoms with van der Waals surface area (Å²) < 4.78 is 0. The van der Waals surface area contributed by atoms with Crippen molar-refractivity contribution >= 4 is 23.2 Å². The monoisotopic (exact) mass is 399 g/mol. The maximum Gasteiger partial charge on any atom is 0.227 e. The van der Waals surface area contributed by atoms with Crippen molar-refractivity contribution in [3.8, 4) is 0 Å². The van der Waals surface area contributed by atoms with Crippen molar-refractivity contribution in [1.82, 2.24) is 4.90 Å². The fourth-order valence-electron chi connectivity index (χ4n) is 4.66. The third-order valence-corrected chi connectivity index (χ3v) is 6.81. The molecule has 1 aromatic carbocycles. The molecule has 2 aliphatic rings. The number of carbonyl (C=O) groups is 2. The van der Waals surface area contributed by atoms with Crippen molar-refractivity contribution in [2.24, 2.45) is 17.8 Å². The molecule has 3 rings (SSSR count). The van der Waals surface area contributed by atoms with Crippen LogP contribution in [-0.4, -0.2) is 42.9 Å². The molecule has 0 unspecified atom stereocenters. The van der Waals surface area contributed by atoms with Gasteiger partial charge in [0, 0.05) is 49.4 Å². The molecule has 1 N–H and O–H groups in total. The van der Waals surface area contributed by atoms with Gasteiger partial charge in [0.05, 0.1) is 0 Å². The summed E-state index contributed by atoms with van der Waals surface area (Å²) >= 11 is 0. The maximum absolute atomic E-state index is 12.7. The van der Waals surface area contributed by atoms with Gasteiger partial charge in [-0.2, -0.15) is 0 Å². The van der Waals surface area contributed by atoms with E-state index in [1.807, 2.05) is 30.9 Å². The molecule has 0 atom stereocenters. The molecule has 1 aromatic rings. The number of benzene rings is 1. The van der Waals surface area contributed by atoms with E-state index in [9.17, 15) is 9.59 Å². The quantitative estimate of drug-likeness (QED) is 0.764. The lowest BCUT2D eigenvalue weighted by Crippen LogP contribution is -2.38. The van der Waals surface area contributed by atoms with Gasteiger partial charge in [-0.15, -0.1) is 0 Å². The van der Waals surface area contributed by atoms with Crippen LogP contribution >= 0.6 is 0 Å². The van der Waals surface area contributed by atoms with E-state index < -0.39 is 0 Å². The molecule has 0 radical (unpaired) electrons. The van der Waals surface area contributed by atoms with E-state index in [-0.39, 0.29) is 23.7 Å². The fraction of sp³-hybridized carbons (Fsp3) is 0.667. The summed E-state index contributed by atoms with van der Waals surface area (Å²) in [4.78, 5) is 29.6. The van der Waals surface area contributed by atoms with Crippen molar-refractivity contribution in [1.29, 1.82) is 0 Å². The minimum atomic E-state index is 0.0130. The number of piperidine rings is 1. The molecule has 29 heavy (non-hydrogen) atoms. The van der Waals surface area contributed by atoms with Crippen molar-refractivity contribution < 1.29 is 9.59 Å². The second-order valence-corrected chi connectivity index (χ2v) is 8.76. The molecular weight excluding hydrogens is 362 g/mol. The minimum absolute atomic E-state index is 0.0130. The molecule has 5 heteroatoms. The molecule has 1 heterocycles. The number of rotatable bonds is 6. The van der Waals surface area contributed by atoms with Crippen LogP contribution in [0.5, 0.6) is 0 Å². The second kappa shape index (κ2) is 10.1. The third-order valence-electron chi connectivity index (χ3n) is 6.81. The molecule has 1 aliphatic heterocycles. The van der Waals surface area contributed by atoms with E-state index in [0.29, 0.717) is 0 Å². The SMILES string of the molecule is CCN(CC)C(=O)C1CCC(C(=O)Nc2ccc(N3CCC(C)CC3)cc2)CC1. The summed E-state index contributed by atoms with van der Waals surface area (Å²) in [7, 11) is 0. The Bertz CT molecular complexity index is 668. The van der Waals surface area contributed by atoms with Crippen molar-refractivity contribution in [3.63, 3.8) is 0 Å². The van der Waals surface area contributed by atoms with Gasteiger partial charge in [-0.25, -0.2) is 0 Å². The molecule has 1 saturated heterocycles. The van der Waals surface area contributed by atoms with Crippen LogP contribution in [0.25, 0.3) is 0 Å². The van der Waals surface area contributed by atoms with E-state index in [1.165, 1.54) is 18.5 Å². The van der Waals surface area contributed by atoms with Gasteiger partial charge in [0.2, 0.25) is 11.8 Å². The van der Waals surface area contributed by atoms with E-state index in [2.05, 4.69) is 29.3 Å². The van der Waals surface area contributed by atoms with E-state index in [1.54, 1.807) is 0 Å². The van der Waals surface area contributed by atoms with Gasteiger partial charge in [0.1, 0.15) is 0 Å². The Morgan fingerprint density at radius 1 is 0.931 bits per heavy atom. The second-order valence-electron chi connectivity index (χ2n) is 8.76. The summed E-state index contributed by atoms with van der Waals surface area (Å²) in [5.74, 6) is 1.28. The number of amides is 2. The molecule has 0 spiro atoms. The predicted octanol–water partition coefficient (Wildman–Crippen LogP) is 4.54. The van der Waals surface area contributed by atoms with Crippen LogP contribution in [0.4, 0.5) is 11.4 Å². The average molecular weight is 400 g/mol. The Morgan fingerprint density at radius 2 is 1.48 bits per heavy atom. The number of nitrogens with zero attached hydrogens (tertiary/aromatic N) is 2. The molecule has 5 nitrogen and oxygen atoms in total. The topological polar surface area (TPSA) is 52.7 Å². The number of hydrogen-bond acceptors (Lipinski definition) is 3. The summed E-state index contributed by atoms with van der Waals surface area (Å²) in [5, 5.41) is 3.09. The first kappa shape index (κ1) is 21.7. The summed E-state index contributed by atoms with van der Waals surface area (Å²) in [6.45, 7) is 10.1. The summed E-state index contributed by atoms with van der Waals surface area (Å²) in [6, 6.07) is 8.26. The third kappa shape index (κ3) is 5.52. The Hall–Kier alpha value is -2.04. The lowest BCUT2D eigenvalue weighted by atomic mass is 9.81. The lowest BCUT2D eigenvalue weighted by Gasteiger charge is -2.32. The first-order valence-electron chi connectivity index (χ1n) is 11.5. The van der Waals surface area contributed by atoms with Crippen molar-refractivity contribution in [2.45, 2.75) is 59.3 Å². The first-order valence-corrected chi connectivity index (χ1v) is 11.5. The molecule has 0 bridgehead atoms. The van der Waals surface area contributed by atoms with Gasteiger partial charge in [0.15, 0.2) is 0 Å². The zero-order valence-electron chi connectivity index (χ0n) is 18.3. The van der Waals surface area contributed by atoms with Gasteiger partial charge in [-0.05, 0) is 82.6 Å². The number of nitrogens with one attached hydrogen (secondary N) is 1. The van der Waals surface area contributed by atoms with Gasteiger partial charge in [-0.3, -0.25) is 9.59 Å². The van der Waals surface area contributed by atoms with Crippen LogP contribution in [0, 0.1) is 17.8 Å². The van der Waals surface area contributed by atoms with Gasteiger partial charge >= 0.3 is 0 Å². The molecule has 0 aromatic heterocycles. The van der Waals surface area contributed by atoms with Crippen LogP contribution in [0.1, 0.15) is 59.3 Å². The van der Waals surface area contributed by atoms with Crippen LogP contribution in [0.3, 0.4) is 0 Å². The number of anilines is 2. The van der Waals surface area contributed by atoms with Gasteiger partial charge in [-0.1, -0.05) is 6.92 Å². The molecular formula is C24H37N3O2. The zero-order valence-corrected chi connectivity index (χ0v) is 18.3. The lowest BCUT2D eigenvalue weighted by molar-refractivity contribution is -0.137. The van der Waals surface area contributed by atoms with Crippen LogP contribution < -0.4 is 10.2 Å². The normalized spacial score (nSPS) is 22.9. The standard InChI is InChI=1S/C24H37N3O2/c1-4-26(5-2)24(29)20-8-6-19(7-9-20)23(28)25-21-10-12-22(13-11-21)27-16-14-18(3)15-17-27/h10-13,18-20H,4-9,14-17H2,1-3H3,(H,25,28). The van der Waals surface area contributed by atoms with Crippen LogP contribution in [0.15, 0.2) is 24.3 Å². The highest BCUT2D eigenvalue weighted by atomic mass is 16.2. The minimum Gasteiger partial charge on any atom is -0.372 e. The summed E-state index contributed by atoms with van der Waals surface area (Å²) in [5.41, 5.74) is 2.11. The van der Waals surface area contributed by atoms with Crippen molar-refractivity contribution in [2.75, 3.05) is 36.4 Å². The Kier molecular flexibility index (Phi) is 7.57. The van der Waals surface area contributed by atoms with Crippen LogP contribution in [0.2, 0.25) is 0 Å². The molecule has 160 valence electrons. The molecule has 2 fully saturated rings. The summed E-state index contributed by atoms with van der Waals surface area (Å²) in [6.07, 6.45) is 5.73. The molecule has 1 saturated carbocycles. The van der Waals surface area contributed by atoms with E-state index in [4.69, 9.17) is 0 Å². The Balaban J connectivity index is 1.48. The first-order chi connectivity index (χ1) is 14.0. The molecule has 1 aliphatic carbocycles. The van der Waals surface area contributed by atoms with E-state index >= 15 is 0 Å². The van der Waals surface area contributed by atoms with Crippen molar-refractivity contribution in [3.05, 3.63) is 24.3 Å². The zero-order chi connectivity index (χ0) is 20.8. The van der Waals surface area contributed by atoms with Gasteiger partial charge in [0.25, 0.3) is 0 Å². The predicted molar refractivity (Wildman–Crippen MR) is 119 cm³/mol. The smallest absolute Gasteiger partial charge is 0.227 e. The Labute approximate surface area is 175 Å². The van der Waals surface area contributed by atoms with Crippen LogP contribution in [-0.2, 0) is 9.59 Å². The highest BCUT2D eigenvalue weighted by molar-refractivity contribution is 5.93. The Morgan fingerprint density at radius 3 is 2.03 bits per heavy atom. The maximum atomic E-state index is 12.7. The highest BCUT2D eigenvalue weighted by Crippen LogP contribution is 2.31. The number of carbonyl (C=O) groups excluding carboxylic acids is 2. The number of hydrogen-bond donors (Lipinski definition) is 1. The largest absolute Gasteiger partial charge is 0.372 e.